The van der Waals surface area contributed by atoms with Crippen molar-refractivity contribution >= 4 is 16.5 Å². The molecule has 0 rings (SSSR count). The van der Waals surface area contributed by atoms with Crippen molar-refractivity contribution in [2.75, 3.05) is 6.54 Å². The topological polar surface area (TPSA) is 3.24 Å². The fourth-order valence-corrected chi connectivity index (χ4v) is 19.5. The van der Waals surface area contributed by atoms with Crippen LogP contribution in [0, 0.1) is 0 Å². The zero-order valence-corrected chi connectivity index (χ0v) is 25.3. The van der Waals surface area contributed by atoms with E-state index in [0.717, 1.165) is 0 Å². The maximum absolute atomic E-state index is 3.28. The predicted octanol–water partition coefficient (Wildman–Crippen LogP) is 10.8. The molecule has 0 unspecified atom stereocenters. The highest BCUT2D eigenvalue weighted by atomic mass is 28.4. The Labute approximate surface area is 201 Å². The molecule has 31 heavy (non-hydrogen) atoms. The minimum absolute atomic E-state index is 1.26. The number of hydrogen-bond acceptors (Lipinski definition) is 1. The summed E-state index contributed by atoms with van der Waals surface area (Å²) in [6.07, 6.45) is 20.5. The van der Waals surface area contributed by atoms with Crippen LogP contribution in [0.25, 0.3) is 0 Å². The first-order chi connectivity index (χ1) is 15.1. The molecule has 0 N–H and O–H groups in total. The molecule has 0 radical (unpaired) electrons. The first-order valence-corrected chi connectivity index (χ1v) is 20.0. The van der Waals surface area contributed by atoms with E-state index in [1.54, 1.807) is 0 Å². The number of unbranched alkanes of at least 4 members (excludes halogenated alkanes) is 13. The van der Waals surface area contributed by atoms with Crippen molar-refractivity contribution in [3.8, 4) is 0 Å². The second kappa shape index (κ2) is 19.8. The SMILES string of the molecule is CCCCCCCCCCCCCCCCN([Si](CC)(CC)CC)[Si](CC)(CC)CC. The molecule has 0 fully saturated rings. The molecule has 0 aromatic rings. The number of rotatable bonds is 23. The lowest BCUT2D eigenvalue weighted by Gasteiger charge is -2.52. The summed E-state index contributed by atoms with van der Waals surface area (Å²) in [5.41, 5.74) is 0. The fourth-order valence-electron chi connectivity index (χ4n) is 6.09. The highest BCUT2D eigenvalue weighted by Gasteiger charge is 2.45. The van der Waals surface area contributed by atoms with Gasteiger partial charge in [0.15, 0.2) is 0 Å². The normalized spacial score (nSPS) is 12.8. The van der Waals surface area contributed by atoms with E-state index in [0.29, 0.717) is 0 Å². The quantitative estimate of drug-likeness (QED) is 0.106. The van der Waals surface area contributed by atoms with Crippen LogP contribution in [-0.2, 0) is 0 Å². The van der Waals surface area contributed by atoms with Gasteiger partial charge in [-0.05, 0) is 49.2 Å². The first kappa shape index (κ1) is 31.4. The van der Waals surface area contributed by atoms with Crippen molar-refractivity contribution in [3.63, 3.8) is 0 Å². The first-order valence-electron chi connectivity index (χ1n) is 14.8. The maximum Gasteiger partial charge on any atom is 0.120 e. The molecule has 188 valence electrons. The lowest BCUT2D eigenvalue weighted by Crippen LogP contribution is -2.66. The molecule has 0 bridgehead atoms. The van der Waals surface area contributed by atoms with Gasteiger partial charge in [0, 0.05) is 0 Å². The summed E-state index contributed by atoms with van der Waals surface area (Å²) in [6, 6.07) is 8.79. The molecule has 0 amide bonds. The predicted molar refractivity (Wildman–Crippen MR) is 151 cm³/mol. The van der Waals surface area contributed by atoms with Crippen LogP contribution in [-0.4, -0.2) is 27.2 Å². The van der Waals surface area contributed by atoms with Crippen LogP contribution in [0.15, 0.2) is 0 Å². The van der Waals surface area contributed by atoms with E-state index >= 15 is 0 Å². The average molecular weight is 470 g/mol. The van der Waals surface area contributed by atoms with Gasteiger partial charge >= 0.3 is 0 Å². The van der Waals surface area contributed by atoms with Gasteiger partial charge in [0.2, 0.25) is 0 Å². The van der Waals surface area contributed by atoms with Crippen LogP contribution in [0.2, 0.25) is 36.3 Å². The van der Waals surface area contributed by atoms with Gasteiger partial charge in [0.05, 0.1) is 0 Å². The Hall–Kier alpha value is 0.394. The third-order valence-electron chi connectivity index (χ3n) is 8.83. The summed E-state index contributed by atoms with van der Waals surface area (Å²) < 4.78 is 3.28. The second-order valence-corrected chi connectivity index (χ2v) is 21.0. The standard InChI is InChI=1S/C28H63NSi2/c1-8-15-16-17-18-19-20-21-22-23-24-25-26-27-28-29(30(9-2,10-3)11-4)31(12-5,13-6)14-7/h8-28H2,1-7H3. The molecule has 0 aliphatic heterocycles. The highest BCUT2D eigenvalue weighted by molar-refractivity contribution is 6.92. The molecule has 0 saturated heterocycles. The van der Waals surface area contributed by atoms with Crippen molar-refractivity contribution < 1.29 is 0 Å². The van der Waals surface area contributed by atoms with Gasteiger partial charge < -0.3 is 4.23 Å². The Morgan fingerprint density at radius 2 is 0.613 bits per heavy atom. The summed E-state index contributed by atoms with van der Waals surface area (Å²) in [5, 5.41) is 0. The summed E-state index contributed by atoms with van der Waals surface area (Å²) in [4.78, 5) is 0. The molecule has 0 heterocycles. The van der Waals surface area contributed by atoms with E-state index in [-0.39, 0.29) is 0 Å². The maximum atomic E-state index is 3.28. The Morgan fingerprint density at radius 3 is 0.871 bits per heavy atom. The minimum atomic E-state index is -1.26. The van der Waals surface area contributed by atoms with Crippen LogP contribution in [0.1, 0.15) is 138 Å². The monoisotopic (exact) mass is 469 g/mol. The molecule has 0 saturated carbocycles. The van der Waals surface area contributed by atoms with E-state index in [1.807, 2.05) is 0 Å². The highest BCUT2D eigenvalue weighted by Crippen LogP contribution is 2.36. The lowest BCUT2D eigenvalue weighted by molar-refractivity contribution is 0.504. The smallest absolute Gasteiger partial charge is 0.120 e. The van der Waals surface area contributed by atoms with Crippen LogP contribution in [0.5, 0.6) is 0 Å². The molecule has 0 aromatic heterocycles. The van der Waals surface area contributed by atoms with Crippen LogP contribution < -0.4 is 0 Å². The number of hydrogen-bond donors (Lipinski definition) is 0. The Kier molecular flexibility index (Phi) is 20.1. The van der Waals surface area contributed by atoms with E-state index in [9.17, 15) is 0 Å². The summed E-state index contributed by atoms with van der Waals surface area (Å²) >= 11 is 0. The van der Waals surface area contributed by atoms with Gasteiger partial charge in [0.1, 0.15) is 16.5 Å². The van der Waals surface area contributed by atoms with Gasteiger partial charge in [0.25, 0.3) is 0 Å². The van der Waals surface area contributed by atoms with E-state index in [2.05, 4.69) is 52.7 Å². The zero-order chi connectivity index (χ0) is 23.4. The van der Waals surface area contributed by atoms with Crippen molar-refractivity contribution in [2.24, 2.45) is 0 Å². The average Bonchev–Trinajstić information content (AvgIpc) is 2.81. The van der Waals surface area contributed by atoms with E-state index in [1.165, 1.54) is 133 Å². The zero-order valence-electron chi connectivity index (χ0n) is 23.3. The third kappa shape index (κ3) is 11.4. The summed E-state index contributed by atoms with van der Waals surface area (Å²) in [5.74, 6) is 0. The molecular weight excluding hydrogens is 406 g/mol. The molecule has 0 spiro atoms. The molecule has 3 heteroatoms. The van der Waals surface area contributed by atoms with Gasteiger partial charge in [-0.1, -0.05) is 132 Å². The number of nitrogens with zero attached hydrogens (tertiary/aromatic N) is 1. The largest absolute Gasteiger partial charge is 0.345 e. The molecule has 1 nitrogen and oxygen atoms in total. The second-order valence-electron chi connectivity index (χ2n) is 10.3. The molecular formula is C28H63NSi2. The Bertz CT molecular complexity index is 341. The summed E-state index contributed by atoms with van der Waals surface area (Å²) in [6.45, 7) is 18.8. The van der Waals surface area contributed by atoms with Gasteiger partial charge in [-0.2, -0.15) is 0 Å². The minimum Gasteiger partial charge on any atom is -0.345 e. The molecule has 0 aliphatic carbocycles. The van der Waals surface area contributed by atoms with Crippen molar-refractivity contribution in [2.45, 2.75) is 175 Å². The molecule has 0 aromatic carbocycles. The van der Waals surface area contributed by atoms with Crippen LogP contribution >= 0.6 is 0 Å². The lowest BCUT2D eigenvalue weighted by atomic mass is 10.0. The fraction of sp³-hybridized carbons (Fsp3) is 1.00. The van der Waals surface area contributed by atoms with Crippen molar-refractivity contribution in [3.05, 3.63) is 0 Å². The van der Waals surface area contributed by atoms with Crippen LogP contribution in [0.4, 0.5) is 0 Å². The summed E-state index contributed by atoms with van der Waals surface area (Å²) in [7, 11) is -2.51. The van der Waals surface area contributed by atoms with Gasteiger partial charge in [-0.25, -0.2) is 0 Å². The van der Waals surface area contributed by atoms with Gasteiger partial charge in [-0.15, -0.1) is 0 Å². The Balaban J connectivity index is 4.22. The molecule has 0 aliphatic rings. The van der Waals surface area contributed by atoms with Crippen molar-refractivity contribution in [1.82, 2.24) is 4.23 Å². The van der Waals surface area contributed by atoms with Gasteiger partial charge in [-0.3, -0.25) is 0 Å². The van der Waals surface area contributed by atoms with E-state index < -0.39 is 16.5 Å². The Morgan fingerprint density at radius 1 is 0.355 bits per heavy atom. The van der Waals surface area contributed by atoms with Crippen molar-refractivity contribution in [1.29, 1.82) is 0 Å². The molecule has 0 atom stereocenters. The van der Waals surface area contributed by atoms with Crippen LogP contribution in [0.3, 0.4) is 0 Å². The third-order valence-corrected chi connectivity index (χ3v) is 22.3. The van der Waals surface area contributed by atoms with E-state index in [4.69, 9.17) is 0 Å².